The second-order valence-electron chi connectivity index (χ2n) is 3.32. The zero-order valence-electron chi connectivity index (χ0n) is 8.77. The summed E-state index contributed by atoms with van der Waals surface area (Å²) >= 11 is 2.08. The summed E-state index contributed by atoms with van der Waals surface area (Å²) in [5.41, 5.74) is 0. The number of thioether (sulfide) groups is 1. The first kappa shape index (κ1) is 12.3. The van der Waals surface area contributed by atoms with Gasteiger partial charge in [0.2, 0.25) is 0 Å². The summed E-state index contributed by atoms with van der Waals surface area (Å²) in [6.45, 7) is 4.52. The van der Waals surface area contributed by atoms with Crippen LogP contribution in [-0.4, -0.2) is 11.5 Å². The molecule has 0 bridgehead atoms. The summed E-state index contributed by atoms with van der Waals surface area (Å²) in [5, 5.41) is 0. The predicted octanol–water partition coefficient (Wildman–Crippen LogP) is 4.49. The lowest BCUT2D eigenvalue weighted by atomic mass is 10.1. The molecule has 74 valence electrons. The van der Waals surface area contributed by atoms with Crippen molar-refractivity contribution in [1.29, 1.82) is 0 Å². The quantitative estimate of drug-likeness (QED) is 0.480. The maximum atomic E-state index is 2.28. The lowest BCUT2D eigenvalue weighted by Gasteiger charge is -1.99. The van der Waals surface area contributed by atoms with Crippen LogP contribution in [-0.2, 0) is 0 Å². The first-order valence-corrected chi connectivity index (χ1v) is 6.65. The summed E-state index contributed by atoms with van der Waals surface area (Å²) in [4.78, 5) is 0. The van der Waals surface area contributed by atoms with Crippen LogP contribution in [0.1, 0.15) is 58.8 Å². The van der Waals surface area contributed by atoms with Gasteiger partial charge in [-0.1, -0.05) is 52.4 Å². The smallest absolute Gasteiger partial charge is 0.00676 e. The highest BCUT2D eigenvalue weighted by molar-refractivity contribution is 7.99. The standard InChI is InChI=1S/C11H24S/c1-3-5-6-7-8-9-10-11-12-4-2/h3-11H2,1-2H3. The van der Waals surface area contributed by atoms with Gasteiger partial charge in [0.1, 0.15) is 0 Å². The first-order valence-electron chi connectivity index (χ1n) is 5.49. The third-order valence-electron chi connectivity index (χ3n) is 2.10. The van der Waals surface area contributed by atoms with E-state index in [0.29, 0.717) is 0 Å². The molecular formula is C11H24S. The molecule has 0 nitrogen and oxygen atoms in total. The number of hydrogen-bond acceptors (Lipinski definition) is 1. The van der Waals surface area contributed by atoms with Gasteiger partial charge in [0.25, 0.3) is 0 Å². The van der Waals surface area contributed by atoms with E-state index in [4.69, 9.17) is 0 Å². The van der Waals surface area contributed by atoms with E-state index in [2.05, 4.69) is 25.6 Å². The molecule has 0 spiro atoms. The molecule has 12 heavy (non-hydrogen) atoms. The monoisotopic (exact) mass is 188 g/mol. The van der Waals surface area contributed by atoms with Gasteiger partial charge in [-0.25, -0.2) is 0 Å². The minimum Gasteiger partial charge on any atom is -0.162 e. The number of rotatable bonds is 9. The molecule has 0 radical (unpaired) electrons. The maximum Gasteiger partial charge on any atom is -0.00676 e. The Balaban J connectivity index is 2.73. The Bertz CT molecular complexity index is 61.4. The minimum atomic E-state index is 1.29. The Labute approximate surface area is 82.5 Å². The molecule has 0 saturated heterocycles. The molecule has 1 heteroatoms. The van der Waals surface area contributed by atoms with Crippen molar-refractivity contribution in [2.24, 2.45) is 0 Å². The molecule has 0 aromatic heterocycles. The zero-order chi connectivity index (χ0) is 9.07. The van der Waals surface area contributed by atoms with Crippen molar-refractivity contribution in [1.82, 2.24) is 0 Å². The Kier molecular flexibility index (Phi) is 11.7. The molecule has 0 aliphatic rings. The molecule has 0 aliphatic carbocycles. The van der Waals surface area contributed by atoms with E-state index in [-0.39, 0.29) is 0 Å². The molecule has 0 aliphatic heterocycles. The van der Waals surface area contributed by atoms with Gasteiger partial charge in [0, 0.05) is 0 Å². The second kappa shape index (κ2) is 11.4. The molecule has 0 heterocycles. The molecule has 0 aromatic rings. The average Bonchev–Trinajstić information content (AvgIpc) is 2.10. The number of hydrogen-bond donors (Lipinski definition) is 0. The zero-order valence-corrected chi connectivity index (χ0v) is 9.59. The predicted molar refractivity (Wildman–Crippen MR) is 61.0 cm³/mol. The Morgan fingerprint density at radius 2 is 1.33 bits per heavy atom. The van der Waals surface area contributed by atoms with Crippen molar-refractivity contribution in [3.05, 3.63) is 0 Å². The fraction of sp³-hybridized carbons (Fsp3) is 1.00. The van der Waals surface area contributed by atoms with E-state index in [1.165, 1.54) is 56.5 Å². The molecule has 0 fully saturated rings. The molecule has 0 saturated carbocycles. The Morgan fingerprint density at radius 1 is 0.750 bits per heavy atom. The summed E-state index contributed by atoms with van der Waals surface area (Å²) in [6, 6.07) is 0. The summed E-state index contributed by atoms with van der Waals surface area (Å²) < 4.78 is 0. The molecule has 0 atom stereocenters. The molecule has 0 N–H and O–H groups in total. The maximum absolute atomic E-state index is 2.28. The third-order valence-corrected chi connectivity index (χ3v) is 3.08. The number of unbranched alkanes of at least 4 members (excludes halogenated alkanes) is 6. The second-order valence-corrected chi connectivity index (χ2v) is 4.71. The minimum absolute atomic E-state index is 1.29. The van der Waals surface area contributed by atoms with Crippen LogP contribution >= 0.6 is 11.8 Å². The summed E-state index contributed by atoms with van der Waals surface area (Å²) in [6.07, 6.45) is 10.1. The molecule has 0 aromatic carbocycles. The highest BCUT2D eigenvalue weighted by Gasteiger charge is 1.90. The van der Waals surface area contributed by atoms with Crippen molar-refractivity contribution in [2.75, 3.05) is 11.5 Å². The third kappa shape index (κ3) is 10.3. The van der Waals surface area contributed by atoms with Gasteiger partial charge in [-0.05, 0) is 17.9 Å². The van der Waals surface area contributed by atoms with Gasteiger partial charge in [-0.15, -0.1) is 0 Å². The van der Waals surface area contributed by atoms with Crippen LogP contribution in [0.15, 0.2) is 0 Å². The van der Waals surface area contributed by atoms with E-state index < -0.39 is 0 Å². The van der Waals surface area contributed by atoms with E-state index in [1.807, 2.05) is 0 Å². The molecule has 0 rings (SSSR count). The highest BCUT2D eigenvalue weighted by Crippen LogP contribution is 2.09. The van der Waals surface area contributed by atoms with Crippen molar-refractivity contribution < 1.29 is 0 Å². The van der Waals surface area contributed by atoms with Crippen molar-refractivity contribution in [2.45, 2.75) is 58.8 Å². The fourth-order valence-electron chi connectivity index (χ4n) is 1.31. The van der Waals surface area contributed by atoms with E-state index in [9.17, 15) is 0 Å². The van der Waals surface area contributed by atoms with Gasteiger partial charge < -0.3 is 0 Å². The van der Waals surface area contributed by atoms with Crippen molar-refractivity contribution in [3.63, 3.8) is 0 Å². The van der Waals surface area contributed by atoms with Crippen LogP contribution in [0, 0.1) is 0 Å². The van der Waals surface area contributed by atoms with E-state index in [1.54, 1.807) is 0 Å². The van der Waals surface area contributed by atoms with Crippen molar-refractivity contribution >= 4 is 11.8 Å². The lowest BCUT2D eigenvalue weighted by molar-refractivity contribution is 0.603. The van der Waals surface area contributed by atoms with Crippen LogP contribution in [0.25, 0.3) is 0 Å². The van der Waals surface area contributed by atoms with Crippen LogP contribution in [0.3, 0.4) is 0 Å². The first-order chi connectivity index (χ1) is 5.91. The fourth-order valence-corrected chi connectivity index (χ4v) is 2.00. The van der Waals surface area contributed by atoms with Crippen LogP contribution in [0.4, 0.5) is 0 Å². The lowest BCUT2D eigenvalue weighted by Crippen LogP contribution is -1.82. The Hall–Kier alpha value is 0.350. The van der Waals surface area contributed by atoms with Crippen LogP contribution in [0.5, 0.6) is 0 Å². The molecule has 0 amide bonds. The normalized spacial score (nSPS) is 10.5. The van der Waals surface area contributed by atoms with Crippen molar-refractivity contribution in [3.8, 4) is 0 Å². The summed E-state index contributed by atoms with van der Waals surface area (Å²) in [7, 11) is 0. The van der Waals surface area contributed by atoms with Crippen LogP contribution < -0.4 is 0 Å². The average molecular weight is 188 g/mol. The van der Waals surface area contributed by atoms with Gasteiger partial charge >= 0.3 is 0 Å². The van der Waals surface area contributed by atoms with Gasteiger partial charge in [0.05, 0.1) is 0 Å². The molecular weight excluding hydrogens is 164 g/mol. The largest absolute Gasteiger partial charge is 0.162 e. The van der Waals surface area contributed by atoms with Gasteiger partial charge in [-0.3, -0.25) is 0 Å². The van der Waals surface area contributed by atoms with Gasteiger partial charge in [0.15, 0.2) is 0 Å². The highest BCUT2D eigenvalue weighted by atomic mass is 32.2. The van der Waals surface area contributed by atoms with Gasteiger partial charge in [-0.2, -0.15) is 11.8 Å². The molecule has 0 unspecified atom stereocenters. The SMILES string of the molecule is CCCCCCCCCSCC. The topological polar surface area (TPSA) is 0 Å². The summed E-state index contributed by atoms with van der Waals surface area (Å²) in [5.74, 6) is 2.67. The Morgan fingerprint density at radius 3 is 1.92 bits per heavy atom. The van der Waals surface area contributed by atoms with E-state index >= 15 is 0 Å². The van der Waals surface area contributed by atoms with Crippen LogP contribution in [0.2, 0.25) is 0 Å². The van der Waals surface area contributed by atoms with E-state index in [0.717, 1.165) is 0 Å².